The SMILES string of the molecule is CN(C)C(=O)c1ccc(NC2CN(C3CCN(C(=O)C4(c5ccccc5)CCC4)CC3)C2)cc1Cl.CN(C)C(=O)c1ccc(NC2CN(C3CCNCC3)C2)cc1Cl.Cl.Cl.O=C(O)C1(c2ccccc2)CCC1. The van der Waals surface area contributed by atoms with E-state index in [1.54, 1.807) is 40.3 Å². The van der Waals surface area contributed by atoms with Crippen LogP contribution < -0.4 is 16.0 Å². The maximum atomic E-state index is 13.5. The standard InChI is InChI=1S/C28H35ClN4O2.C17H25ClN4O.C11H12O2.2ClH/c1-31(2)26(34)24-10-9-21(17-25(24)29)30-22-18-33(19-22)23-11-15-32(16-12-23)27(35)28(13-6-14-28)20-7-4-3-5-8-20;1-21(2)17(23)15-4-3-12(9-16(15)18)20-13-10-22(11-13)14-5-7-19-8-6-14;12-10(13)11(7-4-8-11)9-5-2-1-3-6-9;;/h3-5,7-10,17,22-23,30H,6,11-16,18-19H2,1-2H3;3-4,9,13-14,19-20H,5-8,10-11H2,1-2H3;1-3,5-6H,4,7-8H2,(H,12,13);2*1H. The molecule has 73 heavy (non-hydrogen) atoms. The van der Waals surface area contributed by atoms with E-state index in [0.29, 0.717) is 45.2 Å². The number of halogens is 4. The fourth-order valence-corrected chi connectivity index (χ4v) is 11.6. The van der Waals surface area contributed by atoms with Crippen LogP contribution in [0.4, 0.5) is 11.4 Å². The van der Waals surface area contributed by atoms with Crippen molar-refractivity contribution in [1.82, 2.24) is 29.8 Å². The highest BCUT2D eigenvalue weighted by Crippen LogP contribution is 2.46. The van der Waals surface area contributed by atoms with Gasteiger partial charge in [0.05, 0.1) is 44.1 Å². The number of benzene rings is 4. The van der Waals surface area contributed by atoms with E-state index < -0.39 is 11.4 Å². The number of rotatable bonds is 12. The maximum absolute atomic E-state index is 13.5. The highest BCUT2D eigenvalue weighted by atomic mass is 35.5. The van der Waals surface area contributed by atoms with Crippen LogP contribution in [0.2, 0.25) is 10.0 Å². The molecule has 4 aromatic rings. The molecule has 13 nitrogen and oxygen atoms in total. The quantitative estimate of drug-likeness (QED) is 0.109. The summed E-state index contributed by atoms with van der Waals surface area (Å²) in [6.45, 7) is 8.12. The zero-order valence-electron chi connectivity index (χ0n) is 42.7. The number of amides is 3. The Morgan fingerprint density at radius 3 is 1.34 bits per heavy atom. The number of likely N-dealkylation sites (tertiary alicyclic amines) is 3. The number of hydrogen-bond acceptors (Lipinski definition) is 9. The van der Waals surface area contributed by atoms with Gasteiger partial charge in [-0.3, -0.25) is 29.0 Å². The van der Waals surface area contributed by atoms with Crippen molar-refractivity contribution in [3.63, 3.8) is 0 Å². The number of carboxylic acid groups (broad SMARTS) is 1. The average Bonchev–Trinajstić information content (AvgIpc) is 3.31. The minimum atomic E-state index is -0.676. The molecule has 4 heterocycles. The van der Waals surface area contributed by atoms with Gasteiger partial charge in [0.2, 0.25) is 5.91 Å². The number of carbonyl (C=O) groups excluding carboxylic acids is 3. The summed E-state index contributed by atoms with van der Waals surface area (Å²) in [5.41, 5.74) is 4.29. The van der Waals surface area contributed by atoms with Crippen LogP contribution >= 0.6 is 48.0 Å². The Morgan fingerprint density at radius 2 is 0.986 bits per heavy atom. The molecule has 6 fully saturated rings. The molecule has 4 aromatic carbocycles. The zero-order chi connectivity index (χ0) is 50.3. The summed E-state index contributed by atoms with van der Waals surface area (Å²) in [7, 11) is 6.91. The van der Waals surface area contributed by atoms with Gasteiger partial charge in [0.15, 0.2) is 0 Å². The molecule has 0 unspecified atom stereocenters. The van der Waals surface area contributed by atoms with Gasteiger partial charge in [-0.15, -0.1) is 24.8 Å². The molecule has 6 aliphatic rings. The first-order chi connectivity index (χ1) is 34.2. The Morgan fingerprint density at radius 1 is 0.589 bits per heavy atom. The van der Waals surface area contributed by atoms with Crippen LogP contribution in [-0.4, -0.2) is 158 Å². The number of carboxylic acids is 1. The number of nitrogens with zero attached hydrogens (tertiary/aromatic N) is 5. The van der Waals surface area contributed by atoms with Crippen molar-refractivity contribution in [3.05, 3.63) is 129 Å². The molecule has 0 bridgehead atoms. The molecule has 396 valence electrons. The molecule has 0 aromatic heterocycles. The molecule has 3 amide bonds. The van der Waals surface area contributed by atoms with Crippen LogP contribution in [0, 0.1) is 0 Å². The molecular formula is C56H74Cl4N8O5. The van der Waals surface area contributed by atoms with Gasteiger partial charge in [-0.2, -0.15) is 0 Å². The van der Waals surface area contributed by atoms with Crippen LogP contribution in [0.1, 0.15) is 96.1 Å². The van der Waals surface area contributed by atoms with Gasteiger partial charge in [0.25, 0.3) is 11.8 Å². The van der Waals surface area contributed by atoms with Crippen LogP contribution in [0.25, 0.3) is 0 Å². The van der Waals surface area contributed by atoms with Gasteiger partial charge < -0.3 is 35.8 Å². The van der Waals surface area contributed by atoms with Crippen LogP contribution in [0.3, 0.4) is 0 Å². The number of anilines is 2. The largest absolute Gasteiger partial charge is 0.481 e. The summed E-state index contributed by atoms with van der Waals surface area (Å²) >= 11 is 12.6. The lowest BCUT2D eigenvalue weighted by molar-refractivity contribution is -0.147. The number of carbonyl (C=O) groups is 4. The molecule has 4 N–H and O–H groups in total. The van der Waals surface area contributed by atoms with Gasteiger partial charge in [-0.1, -0.05) is 96.7 Å². The van der Waals surface area contributed by atoms with Crippen molar-refractivity contribution in [2.24, 2.45) is 0 Å². The van der Waals surface area contributed by atoms with E-state index in [0.717, 1.165) is 127 Å². The molecule has 2 aliphatic carbocycles. The van der Waals surface area contributed by atoms with Gasteiger partial charge >= 0.3 is 5.97 Å². The third-order valence-electron chi connectivity index (χ3n) is 15.8. The second kappa shape index (κ2) is 25.8. The smallest absolute Gasteiger partial charge is 0.314 e. The van der Waals surface area contributed by atoms with E-state index in [1.165, 1.54) is 28.2 Å². The molecule has 10 rings (SSSR count). The summed E-state index contributed by atoms with van der Waals surface area (Å²) in [4.78, 5) is 59.1. The summed E-state index contributed by atoms with van der Waals surface area (Å²) in [5, 5.41) is 20.6. The van der Waals surface area contributed by atoms with Crippen molar-refractivity contribution in [1.29, 1.82) is 0 Å². The van der Waals surface area contributed by atoms with Crippen molar-refractivity contribution >= 4 is 83.1 Å². The molecular weight excluding hydrogens is 1010 g/mol. The van der Waals surface area contributed by atoms with Gasteiger partial charge in [0, 0.05) is 90.9 Å². The Labute approximate surface area is 454 Å². The number of piperidine rings is 2. The minimum Gasteiger partial charge on any atom is -0.481 e. The van der Waals surface area contributed by atoms with Crippen molar-refractivity contribution < 1.29 is 24.3 Å². The lowest BCUT2D eigenvalue weighted by Crippen LogP contribution is -2.61. The summed E-state index contributed by atoms with van der Waals surface area (Å²) in [6.07, 6.45) is 10.3. The molecule has 0 atom stereocenters. The monoisotopic (exact) mass is 1080 g/mol. The molecule has 4 aliphatic heterocycles. The highest BCUT2D eigenvalue weighted by molar-refractivity contribution is 6.34. The second-order valence-electron chi connectivity index (χ2n) is 20.8. The first kappa shape index (κ1) is 57.7. The zero-order valence-corrected chi connectivity index (χ0v) is 45.8. The van der Waals surface area contributed by atoms with E-state index in [-0.39, 0.29) is 42.0 Å². The number of aliphatic carboxylic acids is 1. The normalized spacial score (nSPS) is 19.6. The third kappa shape index (κ3) is 13.3. The predicted molar refractivity (Wildman–Crippen MR) is 298 cm³/mol. The fourth-order valence-electron chi connectivity index (χ4n) is 11.0. The summed E-state index contributed by atoms with van der Waals surface area (Å²) in [6, 6.07) is 33.2. The van der Waals surface area contributed by atoms with Crippen molar-refractivity contribution in [3.8, 4) is 0 Å². The Hall–Kier alpha value is -4.60. The Balaban J connectivity index is 0.000000196. The summed E-state index contributed by atoms with van der Waals surface area (Å²) < 4.78 is 0. The van der Waals surface area contributed by atoms with Crippen molar-refractivity contribution in [2.45, 2.75) is 99.2 Å². The topological polar surface area (TPSA) is 141 Å². The van der Waals surface area contributed by atoms with E-state index in [1.807, 2.05) is 60.7 Å². The van der Waals surface area contributed by atoms with E-state index in [4.69, 9.17) is 28.3 Å². The van der Waals surface area contributed by atoms with E-state index in [2.05, 4.69) is 54.9 Å². The Bertz CT molecular complexity index is 2470. The van der Waals surface area contributed by atoms with Crippen LogP contribution in [-0.2, 0) is 20.4 Å². The molecule has 0 radical (unpaired) electrons. The molecule has 17 heteroatoms. The van der Waals surface area contributed by atoms with Gasteiger partial charge in [-0.05, 0) is 112 Å². The first-order valence-corrected chi connectivity index (χ1v) is 26.3. The Kier molecular flexibility index (Phi) is 20.4. The third-order valence-corrected chi connectivity index (χ3v) is 16.4. The fraction of sp³-hybridized carbons (Fsp3) is 0.500. The lowest BCUT2D eigenvalue weighted by atomic mass is 9.63. The predicted octanol–water partition coefficient (Wildman–Crippen LogP) is 9.18. The molecule has 0 spiro atoms. The van der Waals surface area contributed by atoms with Gasteiger partial charge in [0.1, 0.15) is 0 Å². The van der Waals surface area contributed by atoms with Crippen molar-refractivity contribution in [2.75, 3.05) is 91.2 Å². The first-order valence-electron chi connectivity index (χ1n) is 25.6. The highest BCUT2D eigenvalue weighted by Gasteiger charge is 2.49. The molecule has 2 saturated carbocycles. The van der Waals surface area contributed by atoms with Gasteiger partial charge in [-0.25, -0.2) is 0 Å². The summed E-state index contributed by atoms with van der Waals surface area (Å²) in [5.74, 6) is -0.495. The maximum Gasteiger partial charge on any atom is 0.314 e. The lowest BCUT2D eigenvalue weighted by Gasteiger charge is -2.49. The molecule has 4 saturated heterocycles. The number of nitrogens with one attached hydrogen (secondary N) is 3. The second-order valence-corrected chi connectivity index (χ2v) is 21.6. The number of hydrogen-bond donors (Lipinski definition) is 4. The van der Waals surface area contributed by atoms with E-state index in [9.17, 15) is 19.2 Å². The van der Waals surface area contributed by atoms with E-state index >= 15 is 0 Å². The average molecular weight is 1080 g/mol. The van der Waals surface area contributed by atoms with Crippen LogP contribution in [0.5, 0.6) is 0 Å². The van der Waals surface area contributed by atoms with Crippen LogP contribution in [0.15, 0.2) is 97.1 Å². The minimum absolute atomic E-state index is 0.